The van der Waals surface area contributed by atoms with Crippen LogP contribution in [0, 0.1) is 0 Å². The molecule has 0 saturated carbocycles. The van der Waals surface area contributed by atoms with E-state index >= 15 is 0 Å². The minimum Gasteiger partial charge on any atom is -0.292 e. The molecule has 0 aliphatic carbocycles. The minimum atomic E-state index is 0.373. The standard InChI is InChI=1S/C10H8BrClN4S/c11-8-5-14-10(16-13)15-9(8)17-7-3-1-2-6(12)4-7/h1-5H,13H2,(H,14,15,16). The molecule has 0 bridgehead atoms. The van der Waals surface area contributed by atoms with Crippen molar-refractivity contribution in [3.8, 4) is 0 Å². The maximum Gasteiger partial charge on any atom is 0.238 e. The number of hydrazine groups is 1. The van der Waals surface area contributed by atoms with Crippen LogP contribution in [0.3, 0.4) is 0 Å². The van der Waals surface area contributed by atoms with Crippen molar-refractivity contribution in [3.05, 3.63) is 40.0 Å². The Morgan fingerprint density at radius 2 is 2.24 bits per heavy atom. The smallest absolute Gasteiger partial charge is 0.238 e. The van der Waals surface area contributed by atoms with E-state index in [1.165, 1.54) is 11.8 Å². The van der Waals surface area contributed by atoms with Crippen LogP contribution < -0.4 is 11.3 Å². The van der Waals surface area contributed by atoms with Crippen LogP contribution in [0.4, 0.5) is 5.95 Å². The first-order valence-corrected chi connectivity index (χ1v) is 6.60. The average molecular weight is 332 g/mol. The molecule has 0 radical (unpaired) electrons. The number of anilines is 1. The van der Waals surface area contributed by atoms with E-state index < -0.39 is 0 Å². The van der Waals surface area contributed by atoms with Gasteiger partial charge in [-0.1, -0.05) is 29.4 Å². The monoisotopic (exact) mass is 330 g/mol. The maximum atomic E-state index is 5.92. The van der Waals surface area contributed by atoms with E-state index in [4.69, 9.17) is 17.4 Å². The van der Waals surface area contributed by atoms with Gasteiger partial charge in [0.1, 0.15) is 5.03 Å². The molecule has 0 saturated heterocycles. The summed E-state index contributed by atoms with van der Waals surface area (Å²) in [7, 11) is 0. The Bertz CT molecular complexity index is 537. The topological polar surface area (TPSA) is 63.8 Å². The van der Waals surface area contributed by atoms with Crippen LogP contribution in [0.1, 0.15) is 0 Å². The number of hydrogen-bond donors (Lipinski definition) is 2. The van der Waals surface area contributed by atoms with Gasteiger partial charge in [0.15, 0.2) is 0 Å². The van der Waals surface area contributed by atoms with E-state index in [1.54, 1.807) is 6.20 Å². The molecule has 0 fully saturated rings. The van der Waals surface area contributed by atoms with Crippen molar-refractivity contribution in [2.24, 2.45) is 5.84 Å². The SMILES string of the molecule is NNc1ncc(Br)c(Sc2cccc(Cl)c2)n1. The third-order valence-corrected chi connectivity index (χ3v) is 3.92. The van der Waals surface area contributed by atoms with Gasteiger partial charge in [0.2, 0.25) is 5.95 Å². The first-order valence-electron chi connectivity index (χ1n) is 4.61. The molecule has 2 rings (SSSR count). The molecule has 1 aromatic carbocycles. The van der Waals surface area contributed by atoms with E-state index in [9.17, 15) is 0 Å². The normalized spacial score (nSPS) is 10.3. The summed E-state index contributed by atoms with van der Waals surface area (Å²) in [5.41, 5.74) is 2.41. The molecule has 88 valence electrons. The quantitative estimate of drug-likeness (QED) is 0.513. The molecule has 0 spiro atoms. The molecule has 4 nitrogen and oxygen atoms in total. The summed E-state index contributed by atoms with van der Waals surface area (Å²) in [6.45, 7) is 0. The van der Waals surface area contributed by atoms with Crippen molar-refractivity contribution >= 4 is 45.2 Å². The molecule has 1 aromatic heterocycles. The van der Waals surface area contributed by atoms with E-state index in [0.29, 0.717) is 11.0 Å². The van der Waals surface area contributed by atoms with Gasteiger partial charge in [0.05, 0.1) is 4.47 Å². The van der Waals surface area contributed by atoms with Gasteiger partial charge in [-0.2, -0.15) is 0 Å². The Kier molecular flexibility index (Phi) is 4.22. The predicted octanol–water partition coefficient (Wildman–Crippen LogP) is 3.33. The molecular weight excluding hydrogens is 324 g/mol. The Balaban J connectivity index is 2.29. The number of nitrogens with two attached hydrogens (primary N) is 1. The molecule has 17 heavy (non-hydrogen) atoms. The fourth-order valence-electron chi connectivity index (χ4n) is 1.13. The van der Waals surface area contributed by atoms with E-state index in [2.05, 4.69) is 31.3 Å². The predicted molar refractivity (Wildman–Crippen MR) is 73.1 cm³/mol. The van der Waals surface area contributed by atoms with Gasteiger partial charge in [0.25, 0.3) is 0 Å². The summed E-state index contributed by atoms with van der Waals surface area (Å²) in [4.78, 5) is 9.22. The number of nitrogen functional groups attached to an aromatic ring is 1. The molecule has 3 N–H and O–H groups in total. The number of benzene rings is 1. The second kappa shape index (κ2) is 5.68. The number of halogens is 2. The highest BCUT2D eigenvalue weighted by Crippen LogP contribution is 2.32. The van der Waals surface area contributed by atoms with Crippen LogP contribution in [0.5, 0.6) is 0 Å². The highest BCUT2D eigenvalue weighted by molar-refractivity contribution is 9.10. The Morgan fingerprint density at radius 3 is 2.94 bits per heavy atom. The molecule has 2 aromatic rings. The molecule has 0 atom stereocenters. The first-order chi connectivity index (χ1) is 8.19. The summed E-state index contributed by atoms with van der Waals surface area (Å²) >= 11 is 10.8. The van der Waals surface area contributed by atoms with Gasteiger partial charge in [0, 0.05) is 16.1 Å². The van der Waals surface area contributed by atoms with Crippen molar-refractivity contribution in [1.82, 2.24) is 9.97 Å². The molecule has 0 aliphatic rings. The Hall–Kier alpha value is -0.820. The fourth-order valence-corrected chi connectivity index (χ4v) is 2.66. The zero-order chi connectivity index (χ0) is 12.3. The zero-order valence-corrected chi connectivity index (χ0v) is 11.7. The van der Waals surface area contributed by atoms with Gasteiger partial charge < -0.3 is 0 Å². The van der Waals surface area contributed by atoms with Gasteiger partial charge in [-0.3, -0.25) is 5.43 Å². The molecule has 0 amide bonds. The number of aromatic nitrogens is 2. The Labute approximate surface area is 116 Å². The highest BCUT2D eigenvalue weighted by atomic mass is 79.9. The zero-order valence-electron chi connectivity index (χ0n) is 8.52. The third kappa shape index (κ3) is 3.32. The van der Waals surface area contributed by atoms with Crippen molar-refractivity contribution in [2.45, 2.75) is 9.92 Å². The summed E-state index contributed by atoms with van der Waals surface area (Å²) in [5, 5.41) is 1.47. The van der Waals surface area contributed by atoms with E-state index in [0.717, 1.165) is 14.4 Å². The Morgan fingerprint density at radius 1 is 1.41 bits per heavy atom. The summed E-state index contributed by atoms with van der Waals surface area (Å²) in [6, 6.07) is 7.55. The van der Waals surface area contributed by atoms with Gasteiger partial charge in [-0.05, 0) is 34.1 Å². The van der Waals surface area contributed by atoms with Crippen LogP contribution in [0.15, 0.2) is 44.9 Å². The molecule has 0 unspecified atom stereocenters. The maximum absolute atomic E-state index is 5.92. The van der Waals surface area contributed by atoms with E-state index in [-0.39, 0.29) is 0 Å². The third-order valence-electron chi connectivity index (χ3n) is 1.85. The van der Waals surface area contributed by atoms with Crippen molar-refractivity contribution in [1.29, 1.82) is 0 Å². The second-order valence-electron chi connectivity index (χ2n) is 3.05. The molecular formula is C10H8BrClN4S. The molecule has 7 heteroatoms. The van der Waals surface area contributed by atoms with Gasteiger partial charge >= 0.3 is 0 Å². The fraction of sp³-hybridized carbons (Fsp3) is 0. The van der Waals surface area contributed by atoms with Crippen LogP contribution in [0.25, 0.3) is 0 Å². The summed E-state index contributed by atoms with van der Waals surface area (Å²) in [5.74, 6) is 5.64. The summed E-state index contributed by atoms with van der Waals surface area (Å²) in [6.07, 6.45) is 1.65. The van der Waals surface area contributed by atoms with Gasteiger partial charge in [-0.15, -0.1) is 0 Å². The largest absolute Gasteiger partial charge is 0.292 e. The van der Waals surface area contributed by atoms with Crippen molar-refractivity contribution in [2.75, 3.05) is 5.43 Å². The summed E-state index contributed by atoms with van der Waals surface area (Å²) < 4.78 is 0.807. The van der Waals surface area contributed by atoms with Crippen LogP contribution in [-0.4, -0.2) is 9.97 Å². The van der Waals surface area contributed by atoms with Crippen molar-refractivity contribution < 1.29 is 0 Å². The highest BCUT2D eigenvalue weighted by Gasteiger charge is 2.06. The van der Waals surface area contributed by atoms with Gasteiger partial charge in [-0.25, -0.2) is 15.8 Å². The van der Waals surface area contributed by atoms with Crippen LogP contribution >= 0.6 is 39.3 Å². The number of nitrogens with zero attached hydrogens (tertiary/aromatic N) is 2. The lowest BCUT2D eigenvalue weighted by molar-refractivity contribution is 1.01. The lowest BCUT2D eigenvalue weighted by Gasteiger charge is -2.05. The first kappa shape index (κ1) is 12.6. The van der Waals surface area contributed by atoms with Crippen LogP contribution in [-0.2, 0) is 0 Å². The second-order valence-corrected chi connectivity index (χ2v) is 5.40. The lowest BCUT2D eigenvalue weighted by Crippen LogP contribution is -2.10. The average Bonchev–Trinajstić information content (AvgIpc) is 2.32. The lowest BCUT2D eigenvalue weighted by atomic mass is 10.4. The number of hydrogen-bond acceptors (Lipinski definition) is 5. The number of nitrogens with one attached hydrogen (secondary N) is 1. The molecule has 0 aliphatic heterocycles. The van der Waals surface area contributed by atoms with Crippen LogP contribution in [0.2, 0.25) is 5.02 Å². The van der Waals surface area contributed by atoms with E-state index in [1.807, 2.05) is 24.3 Å². The van der Waals surface area contributed by atoms with Crippen molar-refractivity contribution in [3.63, 3.8) is 0 Å². The number of rotatable bonds is 3. The molecule has 1 heterocycles. The minimum absolute atomic E-state index is 0.373.